The number of benzene rings is 1. The molecule has 0 radical (unpaired) electrons. The minimum Gasteiger partial charge on any atom is -0.355 e. The summed E-state index contributed by atoms with van der Waals surface area (Å²) in [5, 5.41) is 11.7. The highest BCUT2D eigenvalue weighted by atomic mass is 16.1. The van der Waals surface area contributed by atoms with Crippen molar-refractivity contribution in [1.82, 2.24) is 15.5 Å². The largest absolute Gasteiger partial charge is 0.355 e. The van der Waals surface area contributed by atoms with Crippen molar-refractivity contribution in [3.63, 3.8) is 0 Å². The van der Waals surface area contributed by atoms with E-state index in [1.807, 2.05) is 19.1 Å². The lowest BCUT2D eigenvalue weighted by Gasteiger charge is -2.33. The van der Waals surface area contributed by atoms with Gasteiger partial charge in [-0.05, 0) is 62.3 Å². The molecule has 1 aliphatic heterocycles. The lowest BCUT2D eigenvalue weighted by atomic mass is 9.87. The molecule has 2 aliphatic rings. The highest BCUT2D eigenvalue weighted by Gasteiger charge is 2.28. The van der Waals surface area contributed by atoms with E-state index < -0.39 is 0 Å². The topological polar surface area (TPSA) is 58.1 Å². The second-order valence-corrected chi connectivity index (χ2v) is 7.45. The third-order valence-electron chi connectivity index (χ3n) is 5.66. The van der Waals surface area contributed by atoms with E-state index in [9.17, 15) is 4.79 Å². The first-order chi connectivity index (χ1) is 12.7. The number of carbonyl (C=O) groups excluding carboxylic acids is 1. The number of piperidine rings is 1. The van der Waals surface area contributed by atoms with Crippen LogP contribution in [0.1, 0.15) is 48.5 Å². The van der Waals surface area contributed by atoms with Crippen LogP contribution in [0.3, 0.4) is 0 Å². The zero-order chi connectivity index (χ0) is 17.9. The Kier molecular flexibility index (Phi) is 4.87. The summed E-state index contributed by atoms with van der Waals surface area (Å²) in [6.45, 7) is 3.66. The van der Waals surface area contributed by atoms with Crippen molar-refractivity contribution in [3.05, 3.63) is 53.2 Å². The summed E-state index contributed by atoms with van der Waals surface area (Å²) in [6, 6.07) is 12.7. The monoisotopic (exact) mass is 350 g/mol. The Bertz CT molecular complexity index is 766. The van der Waals surface area contributed by atoms with Gasteiger partial charge in [0.2, 0.25) is 5.91 Å². The van der Waals surface area contributed by atoms with Crippen molar-refractivity contribution < 1.29 is 4.79 Å². The van der Waals surface area contributed by atoms with Crippen LogP contribution in [0.25, 0.3) is 0 Å². The molecule has 1 aromatic heterocycles. The van der Waals surface area contributed by atoms with E-state index in [0.29, 0.717) is 0 Å². The molecule has 1 N–H and O–H groups in total. The van der Waals surface area contributed by atoms with Crippen LogP contribution >= 0.6 is 0 Å². The fourth-order valence-corrected chi connectivity index (χ4v) is 4.12. The molecular weight excluding hydrogens is 324 g/mol. The van der Waals surface area contributed by atoms with Crippen LogP contribution in [0.15, 0.2) is 36.4 Å². The van der Waals surface area contributed by atoms with Crippen molar-refractivity contribution in [1.29, 1.82) is 0 Å². The number of aryl methyl sites for hydroxylation is 2. The lowest BCUT2D eigenvalue weighted by molar-refractivity contribution is -0.126. The number of hydrogen-bond donors (Lipinski definition) is 1. The molecule has 2 heterocycles. The molecule has 0 saturated carbocycles. The first kappa shape index (κ1) is 17.0. The second-order valence-electron chi connectivity index (χ2n) is 7.45. The number of amides is 1. The second kappa shape index (κ2) is 7.44. The van der Waals surface area contributed by atoms with Crippen molar-refractivity contribution in [3.8, 4) is 0 Å². The maximum atomic E-state index is 12.8. The molecule has 1 aromatic carbocycles. The maximum Gasteiger partial charge on any atom is 0.223 e. The van der Waals surface area contributed by atoms with E-state index in [1.54, 1.807) is 0 Å². The normalized spacial score (nSPS) is 20.5. The van der Waals surface area contributed by atoms with Gasteiger partial charge in [0, 0.05) is 19.0 Å². The number of fused-ring (bicyclic) bond motifs is 1. The van der Waals surface area contributed by atoms with Gasteiger partial charge in [0.05, 0.1) is 11.7 Å². The van der Waals surface area contributed by atoms with Gasteiger partial charge in [0.25, 0.3) is 0 Å². The molecule has 5 nitrogen and oxygen atoms in total. The zero-order valence-corrected chi connectivity index (χ0v) is 15.3. The van der Waals surface area contributed by atoms with Gasteiger partial charge in [-0.1, -0.05) is 24.3 Å². The first-order valence-electron chi connectivity index (χ1n) is 9.64. The van der Waals surface area contributed by atoms with Gasteiger partial charge < -0.3 is 10.2 Å². The van der Waals surface area contributed by atoms with E-state index in [2.05, 4.69) is 44.7 Å². The highest BCUT2D eigenvalue weighted by Crippen LogP contribution is 2.30. The standard InChI is InChI=1S/C21H26N4O/c1-15-9-10-20(24-23-15)25-13-11-17(12-14-25)21(26)22-19-8-4-6-16-5-2-3-7-18(16)19/h2-3,5,7,9-10,17,19H,4,6,8,11-14H2,1H3,(H,22,26). The van der Waals surface area contributed by atoms with Crippen molar-refractivity contribution in [2.24, 2.45) is 5.92 Å². The molecule has 1 amide bonds. The van der Waals surface area contributed by atoms with Crippen LogP contribution in [0.5, 0.6) is 0 Å². The number of rotatable bonds is 3. The summed E-state index contributed by atoms with van der Waals surface area (Å²) in [4.78, 5) is 15.0. The maximum absolute atomic E-state index is 12.8. The molecule has 1 aliphatic carbocycles. The Morgan fingerprint density at radius 1 is 1.08 bits per heavy atom. The molecule has 1 atom stereocenters. The molecule has 2 aromatic rings. The molecule has 5 heteroatoms. The number of carbonyl (C=O) groups is 1. The molecule has 26 heavy (non-hydrogen) atoms. The third kappa shape index (κ3) is 3.57. The molecule has 1 saturated heterocycles. The van der Waals surface area contributed by atoms with E-state index in [4.69, 9.17) is 0 Å². The minimum absolute atomic E-state index is 0.0961. The Balaban J connectivity index is 1.35. The number of anilines is 1. The van der Waals surface area contributed by atoms with Gasteiger partial charge in [-0.25, -0.2) is 0 Å². The SMILES string of the molecule is Cc1ccc(N2CCC(C(=O)NC3CCCc4ccccc43)CC2)nn1. The Morgan fingerprint density at radius 2 is 1.88 bits per heavy atom. The summed E-state index contributed by atoms with van der Waals surface area (Å²) in [7, 11) is 0. The van der Waals surface area contributed by atoms with Crippen LogP contribution in [0.4, 0.5) is 5.82 Å². The van der Waals surface area contributed by atoms with Crippen LogP contribution in [0.2, 0.25) is 0 Å². The molecule has 4 rings (SSSR count). The first-order valence-corrected chi connectivity index (χ1v) is 9.64. The molecule has 0 bridgehead atoms. The predicted octanol–water partition coefficient (Wildman–Crippen LogP) is 3.20. The fourth-order valence-electron chi connectivity index (χ4n) is 4.12. The molecule has 136 valence electrons. The highest BCUT2D eigenvalue weighted by molar-refractivity contribution is 5.79. The number of aromatic nitrogens is 2. The average molecular weight is 350 g/mol. The quantitative estimate of drug-likeness (QED) is 0.924. The fraction of sp³-hybridized carbons (Fsp3) is 0.476. The molecule has 1 unspecified atom stereocenters. The van der Waals surface area contributed by atoms with Crippen molar-refractivity contribution in [2.45, 2.75) is 45.1 Å². The van der Waals surface area contributed by atoms with Gasteiger partial charge >= 0.3 is 0 Å². The smallest absolute Gasteiger partial charge is 0.223 e. The molecular formula is C21H26N4O. The summed E-state index contributed by atoms with van der Waals surface area (Å²) in [6.07, 6.45) is 5.05. The lowest BCUT2D eigenvalue weighted by Crippen LogP contribution is -2.42. The Labute approximate surface area is 154 Å². The Hall–Kier alpha value is -2.43. The van der Waals surface area contributed by atoms with Gasteiger partial charge in [-0.3, -0.25) is 4.79 Å². The average Bonchev–Trinajstić information content (AvgIpc) is 2.69. The zero-order valence-electron chi connectivity index (χ0n) is 15.3. The number of hydrogen-bond acceptors (Lipinski definition) is 4. The number of nitrogens with one attached hydrogen (secondary N) is 1. The van der Waals surface area contributed by atoms with Crippen LogP contribution < -0.4 is 10.2 Å². The van der Waals surface area contributed by atoms with Gasteiger partial charge in [0.1, 0.15) is 0 Å². The van der Waals surface area contributed by atoms with Crippen LogP contribution in [-0.2, 0) is 11.2 Å². The summed E-state index contributed by atoms with van der Waals surface area (Å²) >= 11 is 0. The van der Waals surface area contributed by atoms with Gasteiger partial charge in [0.15, 0.2) is 5.82 Å². The van der Waals surface area contributed by atoms with E-state index in [0.717, 1.165) is 56.7 Å². The van der Waals surface area contributed by atoms with Gasteiger partial charge in [-0.2, -0.15) is 5.10 Å². The third-order valence-corrected chi connectivity index (χ3v) is 5.66. The predicted molar refractivity (Wildman–Crippen MR) is 102 cm³/mol. The summed E-state index contributed by atoms with van der Waals surface area (Å²) in [5.74, 6) is 1.22. The van der Waals surface area contributed by atoms with Gasteiger partial charge in [-0.15, -0.1) is 5.10 Å². The van der Waals surface area contributed by atoms with E-state index in [1.165, 1.54) is 11.1 Å². The van der Waals surface area contributed by atoms with E-state index in [-0.39, 0.29) is 17.9 Å². The van der Waals surface area contributed by atoms with Crippen LogP contribution in [-0.4, -0.2) is 29.2 Å². The molecule has 1 fully saturated rings. The minimum atomic E-state index is 0.0961. The van der Waals surface area contributed by atoms with E-state index >= 15 is 0 Å². The number of nitrogens with zero attached hydrogens (tertiary/aromatic N) is 3. The van der Waals surface area contributed by atoms with Crippen molar-refractivity contribution in [2.75, 3.05) is 18.0 Å². The Morgan fingerprint density at radius 3 is 2.65 bits per heavy atom. The summed E-state index contributed by atoms with van der Waals surface area (Å²) in [5.41, 5.74) is 3.62. The van der Waals surface area contributed by atoms with Crippen molar-refractivity contribution >= 4 is 11.7 Å². The molecule has 0 spiro atoms. The van der Waals surface area contributed by atoms with Crippen LogP contribution in [0, 0.1) is 12.8 Å². The summed E-state index contributed by atoms with van der Waals surface area (Å²) < 4.78 is 0.